The summed E-state index contributed by atoms with van der Waals surface area (Å²) in [5, 5.41) is 11.0. The molecule has 2 aromatic rings. The van der Waals surface area contributed by atoms with Crippen molar-refractivity contribution in [3.8, 4) is 0 Å². The van der Waals surface area contributed by atoms with Crippen LogP contribution in [0.25, 0.3) is 0 Å². The molecule has 2 N–H and O–H groups in total. The third-order valence-corrected chi connectivity index (χ3v) is 6.05. The van der Waals surface area contributed by atoms with Gasteiger partial charge in [0.15, 0.2) is 0 Å². The van der Waals surface area contributed by atoms with E-state index in [0.717, 1.165) is 11.1 Å². The van der Waals surface area contributed by atoms with Crippen LogP contribution < -0.4 is 4.72 Å². The summed E-state index contributed by atoms with van der Waals surface area (Å²) in [6.45, 7) is -0.0904. The summed E-state index contributed by atoms with van der Waals surface area (Å²) in [7, 11) is -3.85. The first-order chi connectivity index (χ1) is 10.8. The first-order valence-corrected chi connectivity index (χ1v) is 9.27. The molecule has 0 saturated heterocycles. The molecule has 0 fully saturated rings. The van der Waals surface area contributed by atoms with Crippen LogP contribution in [0, 0.1) is 0 Å². The second-order valence-electron chi connectivity index (χ2n) is 5.75. The third kappa shape index (κ3) is 3.54. The molecule has 2 aromatic carbocycles. The minimum atomic E-state index is -3.85. The van der Waals surface area contributed by atoms with Gasteiger partial charge in [-0.2, -0.15) is 0 Å². The number of sulfonamides is 1. The minimum absolute atomic E-state index is 0.0867. The third-order valence-electron chi connectivity index (χ3n) is 3.93. The van der Waals surface area contributed by atoms with Gasteiger partial charge >= 0.3 is 0 Å². The van der Waals surface area contributed by atoms with Gasteiger partial charge in [0.05, 0.1) is 10.6 Å². The molecule has 0 heterocycles. The Kier molecular flexibility index (Phi) is 4.42. The summed E-state index contributed by atoms with van der Waals surface area (Å²) < 4.78 is 27.3. The van der Waals surface area contributed by atoms with Crippen LogP contribution in [-0.4, -0.2) is 25.7 Å². The predicted octanol–water partition coefficient (Wildman–Crippen LogP) is 2.80. The standard InChI is InChI=1S/C16H15Cl2NO3S/c17-13-5-6-14(18)15(7-13)23(21,22)19-10-16(20)8-11-3-1-2-4-12(11)9-16/h1-7,19-20H,8-10H2. The van der Waals surface area contributed by atoms with Crippen LogP contribution in [0.1, 0.15) is 11.1 Å². The molecule has 0 unspecified atom stereocenters. The number of fused-ring (bicyclic) bond motifs is 1. The normalized spacial score (nSPS) is 16.3. The van der Waals surface area contributed by atoms with Crippen LogP contribution in [0.2, 0.25) is 10.0 Å². The van der Waals surface area contributed by atoms with Crippen molar-refractivity contribution in [2.45, 2.75) is 23.3 Å². The first-order valence-electron chi connectivity index (χ1n) is 7.03. The number of nitrogens with one attached hydrogen (secondary N) is 1. The topological polar surface area (TPSA) is 66.4 Å². The maximum Gasteiger partial charge on any atom is 0.242 e. The second-order valence-corrected chi connectivity index (χ2v) is 8.32. The molecule has 122 valence electrons. The van der Waals surface area contributed by atoms with Crippen molar-refractivity contribution >= 4 is 33.2 Å². The Morgan fingerprint density at radius 2 is 1.70 bits per heavy atom. The van der Waals surface area contributed by atoms with Crippen molar-refractivity contribution in [2.75, 3.05) is 6.54 Å². The summed E-state index contributed by atoms with van der Waals surface area (Å²) in [6.07, 6.45) is 0.823. The number of halogens is 2. The van der Waals surface area contributed by atoms with E-state index in [1.165, 1.54) is 18.2 Å². The Morgan fingerprint density at radius 3 is 2.30 bits per heavy atom. The fraction of sp³-hybridized carbons (Fsp3) is 0.250. The molecule has 0 radical (unpaired) electrons. The van der Waals surface area contributed by atoms with Crippen LogP contribution in [0.15, 0.2) is 47.4 Å². The lowest BCUT2D eigenvalue weighted by Gasteiger charge is -2.22. The quantitative estimate of drug-likeness (QED) is 0.868. The van der Waals surface area contributed by atoms with E-state index in [4.69, 9.17) is 23.2 Å². The Bertz CT molecular complexity index is 827. The fourth-order valence-electron chi connectivity index (χ4n) is 2.79. The van der Waals surface area contributed by atoms with Crippen LogP contribution in [0.5, 0.6) is 0 Å². The maximum atomic E-state index is 12.4. The van der Waals surface area contributed by atoms with Crippen LogP contribution in [0.4, 0.5) is 0 Å². The number of hydrogen-bond donors (Lipinski definition) is 2. The lowest BCUT2D eigenvalue weighted by molar-refractivity contribution is 0.0567. The van der Waals surface area contributed by atoms with E-state index in [0.29, 0.717) is 12.8 Å². The highest BCUT2D eigenvalue weighted by Gasteiger charge is 2.36. The molecule has 1 aliphatic rings. The molecule has 0 atom stereocenters. The summed E-state index contributed by atoms with van der Waals surface area (Å²) in [4.78, 5) is -0.0919. The van der Waals surface area contributed by atoms with E-state index in [9.17, 15) is 13.5 Å². The largest absolute Gasteiger partial charge is 0.388 e. The van der Waals surface area contributed by atoms with E-state index in [1.54, 1.807) is 0 Å². The summed E-state index contributed by atoms with van der Waals surface area (Å²) >= 11 is 11.8. The Labute approximate surface area is 145 Å². The van der Waals surface area contributed by atoms with Crippen molar-refractivity contribution in [1.29, 1.82) is 0 Å². The number of hydrogen-bond acceptors (Lipinski definition) is 3. The molecule has 7 heteroatoms. The van der Waals surface area contributed by atoms with Crippen LogP contribution >= 0.6 is 23.2 Å². The van der Waals surface area contributed by atoms with Gasteiger partial charge in [0, 0.05) is 24.4 Å². The average molecular weight is 372 g/mol. The Balaban J connectivity index is 1.77. The zero-order valence-electron chi connectivity index (χ0n) is 12.1. The predicted molar refractivity (Wildman–Crippen MR) is 90.5 cm³/mol. The van der Waals surface area contributed by atoms with Crippen molar-refractivity contribution < 1.29 is 13.5 Å². The summed E-state index contributed by atoms with van der Waals surface area (Å²) in [5.41, 5.74) is 0.937. The van der Waals surface area contributed by atoms with Gasteiger partial charge in [0.2, 0.25) is 10.0 Å². The molecule has 0 saturated carbocycles. The molecule has 0 spiro atoms. The van der Waals surface area contributed by atoms with Crippen molar-refractivity contribution in [2.24, 2.45) is 0 Å². The van der Waals surface area contributed by atoms with Crippen LogP contribution in [0.3, 0.4) is 0 Å². The lowest BCUT2D eigenvalue weighted by Crippen LogP contribution is -2.43. The van der Waals surface area contributed by atoms with E-state index in [-0.39, 0.29) is 21.5 Å². The average Bonchev–Trinajstić information content (AvgIpc) is 2.84. The maximum absolute atomic E-state index is 12.4. The van der Waals surface area contributed by atoms with Gasteiger partial charge < -0.3 is 5.11 Å². The highest BCUT2D eigenvalue weighted by atomic mass is 35.5. The second kappa shape index (κ2) is 6.07. The van der Waals surface area contributed by atoms with Crippen molar-refractivity contribution in [1.82, 2.24) is 4.72 Å². The number of aliphatic hydroxyl groups is 1. The lowest BCUT2D eigenvalue weighted by atomic mass is 10.0. The van der Waals surface area contributed by atoms with Gasteiger partial charge in [0.25, 0.3) is 0 Å². The summed E-state index contributed by atoms with van der Waals surface area (Å²) in [5.74, 6) is 0. The molecular formula is C16H15Cl2NO3S. The van der Waals surface area contributed by atoms with E-state index in [2.05, 4.69) is 4.72 Å². The van der Waals surface area contributed by atoms with E-state index >= 15 is 0 Å². The molecule has 0 aromatic heterocycles. The van der Waals surface area contributed by atoms with Gasteiger partial charge in [-0.05, 0) is 29.3 Å². The monoisotopic (exact) mass is 371 g/mol. The van der Waals surface area contributed by atoms with Gasteiger partial charge in [-0.25, -0.2) is 13.1 Å². The number of benzene rings is 2. The Morgan fingerprint density at radius 1 is 1.09 bits per heavy atom. The summed E-state index contributed by atoms with van der Waals surface area (Å²) in [6, 6.07) is 11.9. The highest BCUT2D eigenvalue weighted by molar-refractivity contribution is 7.89. The molecule has 0 aliphatic heterocycles. The van der Waals surface area contributed by atoms with E-state index in [1.807, 2.05) is 24.3 Å². The molecule has 0 amide bonds. The van der Waals surface area contributed by atoms with Crippen molar-refractivity contribution in [3.63, 3.8) is 0 Å². The SMILES string of the molecule is O=S(=O)(NCC1(O)Cc2ccccc2C1)c1cc(Cl)ccc1Cl. The van der Waals surface area contributed by atoms with Gasteiger partial charge in [-0.3, -0.25) is 0 Å². The van der Waals surface area contributed by atoms with Crippen LogP contribution in [-0.2, 0) is 22.9 Å². The zero-order chi connectivity index (χ0) is 16.7. The van der Waals surface area contributed by atoms with Gasteiger partial charge in [-0.1, -0.05) is 47.5 Å². The molecule has 0 bridgehead atoms. The van der Waals surface area contributed by atoms with Crippen molar-refractivity contribution in [3.05, 3.63) is 63.6 Å². The van der Waals surface area contributed by atoms with Gasteiger partial charge in [-0.15, -0.1) is 0 Å². The Hall–Kier alpha value is -1.11. The fourth-order valence-corrected chi connectivity index (χ4v) is 4.67. The zero-order valence-corrected chi connectivity index (χ0v) is 14.4. The number of rotatable bonds is 4. The molecule has 4 nitrogen and oxygen atoms in total. The minimum Gasteiger partial charge on any atom is -0.388 e. The first kappa shape index (κ1) is 16.7. The highest BCUT2D eigenvalue weighted by Crippen LogP contribution is 2.30. The van der Waals surface area contributed by atoms with Gasteiger partial charge in [0.1, 0.15) is 4.90 Å². The smallest absolute Gasteiger partial charge is 0.242 e. The molecule has 1 aliphatic carbocycles. The molecular weight excluding hydrogens is 357 g/mol. The molecule has 3 rings (SSSR count). The van der Waals surface area contributed by atoms with E-state index < -0.39 is 15.6 Å². The molecule has 23 heavy (non-hydrogen) atoms.